The molecule has 5 nitrogen and oxygen atoms in total. The van der Waals surface area contributed by atoms with Crippen LogP contribution in [0.25, 0.3) is 0 Å². The van der Waals surface area contributed by atoms with Gasteiger partial charge in [0.05, 0.1) is 0 Å². The third-order valence-electron chi connectivity index (χ3n) is 4.82. The monoisotopic (exact) mass is 414 g/mol. The normalized spacial score (nSPS) is 11.9. The van der Waals surface area contributed by atoms with E-state index >= 15 is 0 Å². The maximum absolute atomic E-state index is 13.3. The number of carbonyl (C=O) groups excluding carboxylic acids is 2. The van der Waals surface area contributed by atoms with Gasteiger partial charge in [0, 0.05) is 39.1 Å². The molecule has 30 heavy (non-hydrogen) atoms. The number of hydrogen-bond acceptors (Lipinski definition) is 3. The molecule has 0 heterocycles. The largest absolute Gasteiger partial charge is 0.385 e. The van der Waals surface area contributed by atoms with Crippen LogP contribution in [0.5, 0.6) is 0 Å². The number of carbonyl (C=O) groups is 2. The maximum atomic E-state index is 13.3. The summed E-state index contributed by atoms with van der Waals surface area (Å²) in [4.78, 5) is 27.8. The van der Waals surface area contributed by atoms with Crippen LogP contribution in [0.2, 0.25) is 0 Å². The number of nitrogens with one attached hydrogen (secondary N) is 1. The predicted molar refractivity (Wildman–Crippen MR) is 115 cm³/mol. The minimum Gasteiger partial charge on any atom is -0.385 e. The molecule has 0 aliphatic rings. The van der Waals surface area contributed by atoms with Crippen LogP contribution in [-0.4, -0.2) is 43.0 Å². The Balaban J connectivity index is 2.30. The zero-order valence-corrected chi connectivity index (χ0v) is 17.9. The molecule has 2 aromatic carbocycles. The molecule has 2 aromatic rings. The fourth-order valence-electron chi connectivity index (χ4n) is 3.19. The van der Waals surface area contributed by atoms with Crippen molar-refractivity contribution in [3.05, 3.63) is 71.5 Å². The van der Waals surface area contributed by atoms with Gasteiger partial charge < -0.3 is 15.0 Å². The summed E-state index contributed by atoms with van der Waals surface area (Å²) in [5.41, 5.74) is 1.74. The smallest absolute Gasteiger partial charge is 0.243 e. The van der Waals surface area contributed by atoms with E-state index in [0.717, 1.165) is 11.1 Å². The van der Waals surface area contributed by atoms with Crippen LogP contribution in [-0.2, 0) is 27.3 Å². The van der Waals surface area contributed by atoms with Crippen molar-refractivity contribution < 1.29 is 18.7 Å². The topological polar surface area (TPSA) is 58.6 Å². The molecule has 0 aliphatic heterocycles. The van der Waals surface area contributed by atoms with Gasteiger partial charge in [-0.1, -0.05) is 56.3 Å². The van der Waals surface area contributed by atoms with Crippen molar-refractivity contribution in [1.29, 1.82) is 0 Å². The summed E-state index contributed by atoms with van der Waals surface area (Å²) in [6.45, 7) is 4.89. The van der Waals surface area contributed by atoms with Gasteiger partial charge >= 0.3 is 0 Å². The van der Waals surface area contributed by atoms with Crippen molar-refractivity contribution >= 4 is 11.8 Å². The number of hydrogen-bond donors (Lipinski definition) is 1. The van der Waals surface area contributed by atoms with E-state index in [-0.39, 0.29) is 30.1 Å². The van der Waals surface area contributed by atoms with Crippen LogP contribution in [0, 0.1) is 11.7 Å². The Labute approximate surface area is 178 Å². The molecule has 0 saturated carbocycles. The molecule has 1 unspecified atom stereocenters. The highest BCUT2D eigenvalue weighted by molar-refractivity contribution is 5.88. The lowest BCUT2D eigenvalue weighted by atomic mass is 10.0. The molecule has 0 aromatic heterocycles. The Kier molecular flexibility index (Phi) is 9.48. The molecular formula is C24H31FN2O3. The first-order valence-corrected chi connectivity index (χ1v) is 10.3. The summed E-state index contributed by atoms with van der Waals surface area (Å²) in [6, 6.07) is 15.0. The SMILES string of the molecule is COCCCNC(=O)C(Cc1ccccc1)N(Cc1ccc(F)cc1)C(=O)C(C)C. The molecule has 162 valence electrons. The van der Waals surface area contributed by atoms with Gasteiger partial charge in [0.25, 0.3) is 0 Å². The quantitative estimate of drug-likeness (QED) is 0.572. The van der Waals surface area contributed by atoms with Gasteiger partial charge in [0.2, 0.25) is 11.8 Å². The fraction of sp³-hybridized carbons (Fsp3) is 0.417. The maximum Gasteiger partial charge on any atom is 0.243 e. The molecule has 2 rings (SSSR count). The Hall–Kier alpha value is -2.73. The minimum absolute atomic E-state index is 0.118. The summed E-state index contributed by atoms with van der Waals surface area (Å²) in [7, 11) is 1.62. The minimum atomic E-state index is -0.671. The first-order valence-electron chi connectivity index (χ1n) is 10.3. The summed E-state index contributed by atoms with van der Waals surface area (Å²) in [5, 5.41) is 2.93. The number of methoxy groups -OCH3 is 1. The molecule has 0 radical (unpaired) electrons. The zero-order valence-electron chi connectivity index (χ0n) is 17.9. The molecule has 6 heteroatoms. The highest BCUT2D eigenvalue weighted by atomic mass is 19.1. The van der Waals surface area contributed by atoms with E-state index < -0.39 is 6.04 Å². The first kappa shape index (κ1) is 23.5. The van der Waals surface area contributed by atoms with Crippen molar-refractivity contribution in [2.45, 2.75) is 39.3 Å². The molecule has 0 bridgehead atoms. The molecule has 2 amide bonds. The lowest BCUT2D eigenvalue weighted by Crippen LogP contribution is -2.51. The van der Waals surface area contributed by atoms with Crippen molar-refractivity contribution in [3.8, 4) is 0 Å². The van der Waals surface area contributed by atoms with Crippen LogP contribution >= 0.6 is 0 Å². The second kappa shape index (κ2) is 12.1. The number of halogens is 1. The number of ether oxygens (including phenoxy) is 1. The Bertz CT molecular complexity index is 794. The standard InChI is InChI=1S/C24H31FN2O3/c1-18(2)24(29)27(17-20-10-12-21(25)13-11-20)22(16-19-8-5-4-6-9-19)23(28)26-14-7-15-30-3/h4-6,8-13,18,22H,7,14-17H2,1-3H3,(H,26,28). The third-order valence-corrected chi connectivity index (χ3v) is 4.82. The van der Waals surface area contributed by atoms with Crippen molar-refractivity contribution in [1.82, 2.24) is 10.2 Å². The van der Waals surface area contributed by atoms with Gasteiger partial charge in [-0.25, -0.2) is 4.39 Å². The molecular weight excluding hydrogens is 383 g/mol. The van der Waals surface area contributed by atoms with E-state index in [2.05, 4.69) is 5.32 Å². The van der Waals surface area contributed by atoms with Crippen LogP contribution < -0.4 is 5.32 Å². The van der Waals surface area contributed by atoms with Gasteiger partial charge in [-0.3, -0.25) is 9.59 Å². The molecule has 1 atom stereocenters. The van der Waals surface area contributed by atoms with Crippen LogP contribution in [0.4, 0.5) is 4.39 Å². The number of rotatable bonds is 11. The highest BCUT2D eigenvalue weighted by Gasteiger charge is 2.31. The Morgan fingerprint density at radius 1 is 1.03 bits per heavy atom. The number of nitrogens with zero attached hydrogens (tertiary/aromatic N) is 1. The van der Waals surface area contributed by atoms with Gasteiger partial charge in [0.1, 0.15) is 11.9 Å². The average molecular weight is 415 g/mol. The van der Waals surface area contributed by atoms with Crippen molar-refractivity contribution in [2.24, 2.45) is 5.92 Å². The molecule has 1 N–H and O–H groups in total. The second-order valence-electron chi connectivity index (χ2n) is 7.59. The highest BCUT2D eigenvalue weighted by Crippen LogP contribution is 2.17. The van der Waals surface area contributed by atoms with Gasteiger partial charge in [-0.15, -0.1) is 0 Å². The van der Waals surface area contributed by atoms with E-state index in [4.69, 9.17) is 4.74 Å². The Morgan fingerprint density at radius 3 is 2.30 bits per heavy atom. The second-order valence-corrected chi connectivity index (χ2v) is 7.59. The van der Waals surface area contributed by atoms with Crippen LogP contribution in [0.1, 0.15) is 31.4 Å². The van der Waals surface area contributed by atoms with E-state index in [9.17, 15) is 14.0 Å². The molecule has 0 spiro atoms. The zero-order chi connectivity index (χ0) is 21.9. The van der Waals surface area contributed by atoms with Crippen molar-refractivity contribution in [3.63, 3.8) is 0 Å². The van der Waals surface area contributed by atoms with Gasteiger partial charge in [-0.05, 0) is 29.7 Å². The summed E-state index contributed by atoms with van der Waals surface area (Å²) in [5.74, 6) is -0.930. The number of amides is 2. The third kappa shape index (κ3) is 7.26. The van der Waals surface area contributed by atoms with Gasteiger partial charge in [0.15, 0.2) is 0 Å². The van der Waals surface area contributed by atoms with E-state index in [0.29, 0.717) is 26.0 Å². The summed E-state index contributed by atoms with van der Waals surface area (Å²) in [6.07, 6.45) is 1.09. The van der Waals surface area contributed by atoms with Crippen LogP contribution in [0.3, 0.4) is 0 Å². The lowest BCUT2D eigenvalue weighted by molar-refractivity contribution is -0.143. The van der Waals surface area contributed by atoms with E-state index in [1.807, 2.05) is 44.2 Å². The van der Waals surface area contributed by atoms with E-state index in [1.54, 1.807) is 24.1 Å². The Morgan fingerprint density at radius 2 is 1.70 bits per heavy atom. The summed E-state index contributed by atoms with van der Waals surface area (Å²) < 4.78 is 18.4. The average Bonchev–Trinajstić information content (AvgIpc) is 2.75. The van der Waals surface area contributed by atoms with E-state index in [1.165, 1.54) is 12.1 Å². The number of benzene rings is 2. The molecule has 0 saturated heterocycles. The first-order chi connectivity index (χ1) is 14.4. The van der Waals surface area contributed by atoms with Crippen molar-refractivity contribution in [2.75, 3.05) is 20.3 Å². The molecule has 0 aliphatic carbocycles. The lowest BCUT2D eigenvalue weighted by Gasteiger charge is -2.32. The predicted octanol–water partition coefficient (Wildman–Crippen LogP) is 3.57. The summed E-state index contributed by atoms with van der Waals surface area (Å²) >= 11 is 0. The van der Waals surface area contributed by atoms with Gasteiger partial charge in [-0.2, -0.15) is 0 Å². The molecule has 0 fully saturated rings. The van der Waals surface area contributed by atoms with Crippen LogP contribution in [0.15, 0.2) is 54.6 Å². The fourth-order valence-corrected chi connectivity index (χ4v) is 3.19.